The minimum atomic E-state index is -0.945. The van der Waals surface area contributed by atoms with E-state index in [4.69, 9.17) is 9.84 Å². The van der Waals surface area contributed by atoms with Crippen molar-refractivity contribution in [1.82, 2.24) is 0 Å². The zero-order valence-corrected chi connectivity index (χ0v) is 10.1. The summed E-state index contributed by atoms with van der Waals surface area (Å²) >= 11 is 0. The number of benzene rings is 1. The van der Waals surface area contributed by atoms with Gasteiger partial charge in [0.2, 0.25) is 0 Å². The fraction of sp³-hybridized carbons (Fsp3) is 0.385. The van der Waals surface area contributed by atoms with E-state index in [1.165, 1.54) is 6.92 Å². The van der Waals surface area contributed by atoms with Crippen LogP contribution < -0.4 is 4.90 Å². The summed E-state index contributed by atoms with van der Waals surface area (Å²) < 4.78 is 5.23. The van der Waals surface area contributed by atoms with Crippen LogP contribution in [0.4, 0.5) is 5.69 Å². The van der Waals surface area contributed by atoms with Crippen molar-refractivity contribution in [2.45, 2.75) is 26.0 Å². The Bertz CT molecular complexity index is 455. The monoisotopic (exact) mass is 249 g/mol. The largest absolute Gasteiger partial charge is 0.478 e. The minimum Gasteiger partial charge on any atom is -0.478 e. The van der Waals surface area contributed by atoms with Gasteiger partial charge in [-0.25, -0.2) is 4.79 Å². The van der Waals surface area contributed by atoms with Crippen molar-refractivity contribution in [3.8, 4) is 0 Å². The molecule has 1 aromatic rings. The second-order valence-electron chi connectivity index (χ2n) is 4.25. The summed E-state index contributed by atoms with van der Waals surface area (Å²) in [4.78, 5) is 23.7. The smallest absolute Gasteiger partial charge is 0.335 e. The highest BCUT2D eigenvalue weighted by molar-refractivity contribution is 5.88. The van der Waals surface area contributed by atoms with Crippen molar-refractivity contribution in [2.75, 3.05) is 11.4 Å². The van der Waals surface area contributed by atoms with E-state index >= 15 is 0 Å². The molecule has 1 atom stereocenters. The molecule has 1 N–H and O–H groups in total. The number of carboxylic acid groups (broad SMARTS) is 1. The standard InChI is InChI=1S/C13H15NO4/c1-9(15)18-12-3-2-8-14(12)11-6-4-10(5-7-11)13(16)17/h4-7,12H,2-3,8H2,1H3,(H,16,17)/t12-/m0/s1. The van der Waals surface area contributed by atoms with Gasteiger partial charge < -0.3 is 14.7 Å². The Morgan fingerprint density at radius 1 is 1.33 bits per heavy atom. The van der Waals surface area contributed by atoms with Gasteiger partial charge in [0.25, 0.3) is 0 Å². The molecule has 1 aromatic carbocycles. The third-order valence-electron chi connectivity index (χ3n) is 2.95. The third-order valence-corrected chi connectivity index (χ3v) is 2.95. The molecule has 1 aliphatic heterocycles. The number of carbonyl (C=O) groups is 2. The topological polar surface area (TPSA) is 66.8 Å². The van der Waals surface area contributed by atoms with E-state index in [1.807, 2.05) is 4.90 Å². The summed E-state index contributed by atoms with van der Waals surface area (Å²) in [5.74, 6) is -1.24. The summed E-state index contributed by atoms with van der Waals surface area (Å²) in [6, 6.07) is 6.60. The molecule has 0 amide bonds. The van der Waals surface area contributed by atoms with Crippen molar-refractivity contribution in [3.05, 3.63) is 29.8 Å². The molecule has 0 radical (unpaired) electrons. The van der Waals surface area contributed by atoms with E-state index < -0.39 is 5.97 Å². The SMILES string of the molecule is CC(=O)O[C@H]1CCCN1c1ccc(C(=O)O)cc1. The lowest BCUT2D eigenvalue weighted by atomic mass is 10.2. The maximum absolute atomic E-state index is 11.0. The fourth-order valence-corrected chi connectivity index (χ4v) is 2.14. The van der Waals surface area contributed by atoms with Crippen LogP contribution in [0.1, 0.15) is 30.1 Å². The number of rotatable bonds is 3. The average molecular weight is 249 g/mol. The molecule has 0 aromatic heterocycles. The van der Waals surface area contributed by atoms with E-state index in [-0.39, 0.29) is 17.8 Å². The van der Waals surface area contributed by atoms with Crippen molar-refractivity contribution >= 4 is 17.6 Å². The molecule has 1 aliphatic rings. The molecule has 1 saturated heterocycles. The van der Waals surface area contributed by atoms with Crippen LogP contribution in [0.5, 0.6) is 0 Å². The van der Waals surface area contributed by atoms with E-state index in [1.54, 1.807) is 24.3 Å². The predicted molar refractivity (Wildman–Crippen MR) is 65.5 cm³/mol. The predicted octanol–water partition coefficient (Wildman–Crippen LogP) is 1.87. The molecule has 96 valence electrons. The molecular formula is C13H15NO4. The molecule has 0 aliphatic carbocycles. The van der Waals surface area contributed by atoms with E-state index in [2.05, 4.69) is 0 Å². The number of aromatic carboxylic acids is 1. The molecule has 0 saturated carbocycles. The van der Waals surface area contributed by atoms with E-state index in [0.29, 0.717) is 0 Å². The number of nitrogens with zero attached hydrogens (tertiary/aromatic N) is 1. The van der Waals surface area contributed by atoms with Crippen molar-refractivity contribution < 1.29 is 19.4 Å². The summed E-state index contributed by atoms with van der Waals surface area (Å²) in [6.45, 7) is 2.20. The van der Waals surface area contributed by atoms with Gasteiger partial charge in [-0.1, -0.05) is 0 Å². The van der Waals surface area contributed by atoms with E-state index in [0.717, 1.165) is 25.1 Å². The molecule has 5 nitrogen and oxygen atoms in total. The Morgan fingerprint density at radius 2 is 2.00 bits per heavy atom. The molecule has 0 spiro atoms. The Hall–Kier alpha value is -2.04. The third kappa shape index (κ3) is 2.61. The number of esters is 1. The Balaban J connectivity index is 2.14. The lowest BCUT2D eigenvalue weighted by Gasteiger charge is -2.26. The van der Waals surface area contributed by atoms with Gasteiger partial charge in [0.15, 0.2) is 6.23 Å². The maximum atomic E-state index is 11.0. The zero-order valence-electron chi connectivity index (χ0n) is 10.1. The lowest BCUT2D eigenvalue weighted by Crippen LogP contribution is -2.32. The molecular weight excluding hydrogens is 234 g/mol. The summed E-state index contributed by atoms with van der Waals surface area (Å²) in [6.07, 6.45) is 1.52. The molecule has 0 bridgehead atoms. The number of anilines is 1. The number of hydrogen-bond donors (Lipinski definition) is 1. The average Bonchev–Trinajstić information content (AvgIpc) is 2.76. The van der Waals surface area contributed by atoms with Gasteiger partial charge in [0.1, 0.15) is 0 Å². The molecule has 0 unspecified atom stereocenters. The Kier molecular flexibility index (Phi) is 3.50. The summed E-state index contributed by atoms with van der Waals surface area (Å²) in [5, 5.41) is 8.83. The van der Waals surface area contributed by atoms with E-state index in [9.17, 15) is 9.59 Å². The highest BCUT2D eigenvalue weighted by atomic mass is 16.6. The molecule has 1 heterocycles. The van der Waals surface area contributed by atoms with Crippen LogP contribution in [0.3, 0.4) is 0 Å². The number of carbonyl (C=O) groups excluding carboxylic acids is 1. The summed E-state index contributed by atoms with van der Waals surface area (Å²) in [5.41, 5.74) is 1.13. The Labute approximate surface area is 105 Å². The first-order valence-electron chi connectivity index (χ1n) is 5.85. The van der Waals surface area contributed by atoms with Gasteiger partial charge in [-0.3, -0.25) is 4.79 Å². The van der Waals surface area contributed by atoms with Gasteiger partial charge in [0, 0.05) is 25.6 Å². The first-order valence-corrected chi connectivity index (χ1v) is 5.85. The first kappa shape index (κ1) is 12.4. The van der Waals surface area contributed by atoms with Gasteiger partial charge in [-0.15, -0.1) is 0 Å². The highest BCUT2D eigenvalue weighted by Crippen LogP contribution is 2.26. The maximum Gasteiger partial charge on any atom is 0.335 e. The fourth-order valence-electron chi connectivity index (χ4n) is 2.14. The normalized spacial score (nSPS) is 18.7. The van der Waals surface area contributed by atoms with Crippen LogP contribution >= 0.6 is 0 Å². The minimum absolute atomic E-state index is 0.238. The van der Waals surface area contributed by atoms with Crippen LogP contribution in [-0.4, -0.2) is 29.8 Å². The number of hydrogen-bond acceptors (Lipinski definition) is 4. The second kappa shape index (κ2) is 5.08. The second-order valence-corrected chi connectivity index (χ2v) is 4.25. The van der Waals surface area contributed by atoms with Crippen LogP contribution in [0.15, 0.2) is 24.3 Å². The molecule has 2 rings (SSSR count). The molecule has 1 fully saturated rings. The lowest BCUT2D eigenvalue weighted by molar-refractivity contribution is -0.145. The quantitative estimate of drug-likeness (QED) is 0.828. The zero-order chi connectivity index (χ0) is 13.1. The van der Waals surface area contributed by atoms with Gasteiger partial charge in [-0.2, -0.15) is 0 Å². The van der Waals surface area contributed by atoms with Crippen LogP contribution in [0.2, 0.25) is 0 Å². The highest BCUT2D eigenvalue weighted by Gasteiger charge is 2.27. The van der Waals surface area contributed by atoms with Crippen molar-refractivity contribution in [3.63, 3.8) is 0 Å². The van der Waals surface area contributed by atoms with Crippen molar-refractivity contribution in [2.24, 2.45) is 0 Å². The van der Waals surface area contributed by atoms with Crippen LogP contribution in [-0.2, 0) is 9.53 Å². The van der Waals surface area contributed by atoms with Crippen LogP contribution in [0, 0.1) is 0 Å². The summed E-state index contributed by atoms with van der Waals surface area (Å²) in [7, 11) is 0. The van der Waals surface area contributed by atoms with Crippen molar-refractivity contribution in [1.29, 1.82) is 0 Å². The van der Waals surface area contributed by atoms with Gasteiger partial charge in [0.05, 0.1) is 5.56 Å². The molecule has 18 heavy (non-hydrogen) atoms. The van der Waals surface area contributed by atoms with Gasteiger partial charge in [-0.05, 0) is 30.7 Å². The number of ether oxygens (including phenoxy) is 1. The number of carboxylic acids is 1. The van der Waals surface area contributed by atoms with Gasteiger partial charge >= 0.3 is 11.9 Å². The molecule has 5 heteroatoms. The Morgan fingerprint density at radius 3 is 2.56 bits per heavy atom. The van der Waals surface area contributed by atoms with Crippen LogP contribution in [0.25, 0.3) is 0 Å². The first-order chi connectivity index (χ1) is 8.58.